The molecule has 0 aliphatic carbocycles. The van der Waals surface area contributed by atoms with Gasteiger partial charge in [-0.05, 0) is 12.1 Å². The molecule has 1 aromatic heterocycles. The second kappa shape index (κ2) is 3.20. The molecule has 6 heteroatoms. The fraction of sp³-hybridized carbons (Fsp3) is 0. The van der Waals surface area contributed by atoms with Gasteiger partial charge < -0.3 is 10.1 Å². The van der Waals surface area contributed by atoms with Gasteiger partial charge in [-0.3, -0.25) is 0 Å². The number of fused-ring (bicyclic) bond motifs is 1. The van der Waals surface area contributed by atoms with E-state index in [1.807, 2.05) is 0 Å². The molecule has 0 amide bonds. The van der Waals surface area contributed by atoms with Crippen LogP contribution in [0.15, 0.2) is 12.1 Å². The van der Waals surface area contributed by atoms with Crippen molar-refractivity contribution in [2.45, 2.75) is 0 Å². The van der Waals surface area contributed by atoms with Crippen molar-refractivity contribution in [3.63, 3.8) is 0 Å². The van der Waals surface area contributed by atoms with Crippen LogP contribution >= 0.6 is 11.6 Å². The van der Waals surface area contributed by atoms with Gasteiger partial charge in [-0.15, -0.1) is 0 Å². The van der Waals surface area contributed by atoms with Gasteiger partial charge in [-0.1, -0.05) is 11.6 Å². The van der Waals surface area contributed by atoms with Crippen LogP contribution in [0.1, 0.15) is 10.5 Å². The summed E-state index contributed by atoms with van der Waals surface area (Å²) in [5.41, 5.74) is -0.487. The summed E-state index contributed by atoms with van der Waals surface area (Å²) >= 11 is 5.41. The topological polar surface area (TPSA) is 53.1 Å². The van der Waals surface area contributed by atoms with Crippen molar-refractivity contribution >= 4 is 28.5 Å². The number of nitrogens with one attached hydrogen (secondary N) is 1. The summed E-state index contributed by atoms with van der Waals surface area (Å²) in [4.78, 5) is 12.8. The van der Waals surface area contributed by atoms with E-state index in [0.29, 0.717) is 0 Å². The van der Waals surface area contributed by atoms with Crippen LogP contribution in [0.5, 0.6) is 0 Å². The van der Waals surface area contributed by atoms with Crippen molar-refractivity contribution < 1.29 is 18.7 Å². The van der Waals surface area contributed by atoms with Crippen LogP contribution in [-0.4, -0.2) is 16.1 Å². The standard InChI is InChI=1S/C9H4ClF2NO2/c10-4-2-5(11)8-3(7(4)12)1-6(13-8)9(14)15/h1-2,13H,(H,14,15). The first-order chi connectivity index (χ1) is 7.00. The van der Waals surface area contributed by atoms with Crippen LogP contribution in [0.4, 0.5) is 8.78 Å². The number of benzene rings is 1. The predicted octanol–water partition coefficient (Wildman–Crippen LogP) is 2.80. The predicted molar refractivity (Wildman–Crippen MR) is 50.2 cm³/mol. The summed E-state index contributed by atoms with van der Waals surface area (Å²) in [5.74, 6) is -2.91. The molecule has 0 bridgehead atoms. The van der Waals surface area contributed by atoms with Gasteiger partial charge in [0.15, 0.2) is 5.82 Å². The van der Waals surface area contributed by atoms with E-state index in [1.54, 1.807) is 0 Å². The van der Waals surface area contributed by atoms with Crippen molar-refractivity contribution in [2.24, 2.45) is 0 Å². The quantitative estimate of drug-likeness (QED) is 0.742. The Bertz CT molecular complexity index is 565. The molecule has 0 radical (unpaired) electrons. The van der Waals surface area contributed by atoms with Gasteiger partial charge >= 0.3 is 5.97 Å². The molecule has 0 unspecified atom stereocenters. The highest BCUT2D eigenvalue weighted by atomic mass is 35.5. The lowest BCUT2D eigenvalue weighted by Gasteiger charge is -1.96. The van der Waals surface area contributed by atoms with Crippen LogP contribution in [0.3, 0.4) is 0 Å². The third kappa shape index (κ3) is 1.45. The Morgan fingerprint density at radius 1 is 1.40 bits per heavy atom. The Balaban J connectivity index is 2.85. The minimum Gasteiger partial charge on any atom is -0.477 e. The van der Waals surface area contributed by atoms with Gasteiger partial charge in [0.1, 0.15) is 11.5 Å². The molecule has 2 rings (SSSR count). The minimum atomic E-state index is -1.29. The molecule has 0 atom stereocenters. The van der Waals surface area contributed by atoms with E-state index in [0.717, 1.165) is 12.1 Å². The summed E-state index contributed by atoms with van der Waals surface area (Å²) in [5, 5.41) is 8.08. The van der Waals surface area contributed by atoms with E-state index in [-0.39, 0.29) is 21.6 Å². The normalized spacial score (nSPS) is 10.9. The molecule has 0 saturated carbocycles. The fourth-order valence-electron chi connectivity index (χ4n) is 1.31. The summed E-state index contributed by atoms with van der Waals surface area (Å²) < 4.78 is 26.6. The maximum Gasteiger partial charge on any atom is 0.352 e. The molecule has 2 N–H and O–H groups in total. The zero-order valence-electron chi connectivity index (χ0n) is 7.14. The van der Waals surface area contributed by atoms with Crippen molar-refractivity contribution in [1.82, 2.24) is 4.98 Å². The number of carbonyl (C=O) groups is 1. The monoisotopic (exact) mass is 231 g/mol. The van der Waals surface area contributed by atoms with Crippen LogP contribution in [0.2, 0.25) is 5.02 Å². The molecule has 1 heterocycles. The van der Waals surface area contributed by atoms with Gasteiger partial charge in [0.25, 0.3) is 0 Å². The summed E-state index contributed by atoms with van der Waals surface area (Å²) in [7, 11) is 0. The zero-order valence-corrected chi connectivity index (χ0v) is 7.90. The fourth-order valence-corrected chi connectivity index (χ4v) is 1.50. The first kappa shape index (κ1) is 9.92. The second-order valence-electron chi connectivity index (χ2n) is 2.93. The molecular weight excluding hydrogens is 228 g/mol. The largest absolute Gasteiger partial charge is 0.477 e. The van der Waals surface area contributed by atoms with Crippen LogP contribution in [-0.2, 0) is 0 Å². The Morgan fingerprint density at radius 2 is 2.07 bits per heavy atom. The Kier molecular flexibility index (Phi) is 2.12. The Morgan fingerprint density at radius 3 is 2.67 bits per heavy atom. The molecule has 0 saturated heterocycles. The van der Waals surface area contributed by atoms with Gasteiger partial charge in [-0.25, -0.2) is 13.6 Å². The van der Waals surface area contributed by atoms with E-state index in [9.17, 15) is 13.6 Å². The molecule has 0 aliphatic heterocycles. The smallest absolute Gasteiger partial charge is 0.352 e. The molecule has 2 aromatic rings. The lowest BCUT2D eigenvalue weighted by Crippen LogP contribution is -1.95. The zero-order chi connectivity index (χ0) is 11.2. The van der Waals surface area contributed by atoms with Gasteiger partial charge in [-0.2, -0.15) is 0 Å². The summed E-state index contributed by atoms with van der Waals surface area (Å²) in [6, 6.07) is 1.79. The first-order valence-corrected chi connectivity index (χ1v) is 4.28. The average molecular weight is 232 g/mol. The number of halogens is 3. The van der Waals surface area contributed by atoms with Gasteiger partial charge in [0.2, 0.25) is 0 Å². The number of aromatic carboxylic acids is 1. The number of carboxylic acid groups (broad SMARTS) is 1. The molecular formula is C9H4ClF2NO2. The van der Waals surface area contributed by atoms with E-state index in [4.69, 9.17) is 16.7 Å². The van der Waals surface area contributed by atoms with E-state index >= 15 is 0 Å². The van der Waals surface area contributed by atoms with Crippen molar-refractivity contribution in [2.75, 3.05) is 0 Å². The third-order valence-electron chi connectivity index (χ3n) is 1.99. The van der Waals surface area contributed by atoms with E-state index in [1.165, 1.54) is 0 Å². The number of hydrogen-bond acceptors (Lipinski definition) is 1. The van der Waals surface area contributed by atoms with Crippen molar-refractivity contribution in [1.29, 1.82) is 0 Å². The molecule has 0 aliphatic rings. The number of hydrogen-bond donors (Lipinski definition) is 2. The molecule has 1 aromatic carbocycles. The molecule has 0 spiro atoms. The summed E-state index contributed by atoms with van der Waals surface area (Å²) in [6.07, 6.45) is 0. The highest BCUT2D eigenvalue weighted by Crippen LogP contribution is 2.27. The number of aromatic nitrogens is 1. The SMILES string of the molecule is O=C(O)c1cc2c(F)c(Cl)cc(F)c2[nH]1. The lowest BCUT2D eigenvalue weighted by atomic mass is 10.2. The lowest BCUT2D eigenvalue weighted by molar-refractivity contribution is 0.0691. The number of H-pyrrole nitrogens is 1. The molecule has 78 valence electrons. The maximum atomic E-state index is 13.3. The highest BCUT2D eigenvalue weighted by molar-refractivity contribution is 6.31. The number of aromatic amines is 1. The van der Waals surface area contributed by atoms with Gasteiger partial charge in [0.05, 0.1) is 10.5 Å². The maximum absolute atomic E-state index is 13.3. The van der Waals surface area contributed by atoms with Crippen molar-refractivity contribution in [3.05, 3.63) is 34.5 Å². The van der Waals surface area contributed by atoms with Gasteiger partial charge in [0, 0.05) is 5.39 Å². The highest BCUT2D eigenvalue weighted by Gasteiger charge is 2.16. The van der Waals surface area contributed by atoms with Crippen molar-refractivity contribution in [3.8, 4) is 0 Å². The number of rotatable bonds is 1. The van der Waals surface area contributed by atoms with Crippen LogP contribution < -0.4 is 0 Å². The molecule has 0 fully saturated rings. The minimum absolute atomic E-state index is 0.169. The van der Waals surface area contributed by atoms with E-state index < -0.39 is 17.6 Å². The molecule has 15 heavy (non-hydrogen) atoms. The number of carboxylic acids is 1. The molecule has 3 nitrogen and oxygen atoms in total. The average Bonchev–Trinajstić information content (AvgIpc) is 2.59. The Hall–Kier alpha value is -1.62. The van der Waals surface area contributed by atoms with Crippen LogP contribution in [0, 0.1) is 11.6 Å². The van der Waals surface area contributed by atoms with Crippen LogP contribution in [0.25, 0.3) is 10.9 Å². The third-order valence-corrected chi connectivity index (χ3v) is 2.26. The first-order valence-electron chi connectivity index (χ1n) is 3.90. The summed E-state index contributed by atoms with van der Waals surface area (Å²) in [6.45, 7) is 0. The van der Waals surface area contributed by atoms with E-state index in [2.05, 4.69) is 4.98 Å². The Labute approximate surface area is 87.3 Å². The second-order valence-corrected chi connectivity index (χ2v) is 3.34.